The first-order valence-corrected chi connectivity index (χ1v) is 6.64. The monoisotopic (exact) mass is 281 g/mol. The van der Waals surface area contributed by atoms with Gasteiger partial charge in [-0.15, -0.1) is 0 Å². The molecule has 0 saturated carbocycles. The molecular formula is C13H16ClN3S. The predicted octanol–water partition coefficient (Wildman–Crippen LogP) is 3.25. The third kappa shape index (κ3) is 2.35. The summed E-state index contributed by atoms with van der Waals surface area (Å²) < 4.78 is 2.01. The minimum atomic E-state index is 0.326. The average Bonchev–Trinajstić information content (AvgIpc) is 2.57. The van der Waals surface area contributed by atoms with Crippen molar-refractivity contribution >= 4 is 34.5 Å². The number of fused-ring (bicyclic) bond motifs is 1. The molecule has 0 radical (unpaired) electrons. The summed E-state index contributed by atoms with van der Waals surface area (Å²) >= 11 is 11.1. The van der Waals surface area contributed by atoms with Crippen LogP contribution in [0.5, 0.6) is 0 Å². The van der Waals surface area contributed by atoms with Crippen molar-refractivity contribution in [2.45, 2.75) is 33.1 Å². The average molecular weight is 282 g/mol. The Labute approximate surface area is 117 Å². The Bertz CT molecular complexity index is 616. The van der Waals surface area contributed by atoms with Crippen LogP contribution in [0.15, 0.2) is 12.3 Å². The maximum Gasteiger partial charge on any atom is 0.140 e. The number of hydrogen-bond donors (Lipinski definition) is 1. The van der Waals surface area contributed by atoms with Crippen LogP contribution in [-0.2, 0) is 6.42 Å². The van der Waals surface area contributed by atoms with E-state index in [1.807, 2.05) is 23.6 Å². The number of thiocarbonyl (C=S) groups is 1. The van der Waals surface area contributed by atoms with Gasteiger partial charge in [-0.25, -0.2) is 4.98 Å². The number of hydrogen-bond acceptors (Lipinski definition) is 2. The number of aryl methyl sites for hydroxylation is 1. The first-order valence-electron chi connectivity index (χ1n) is 5.85. The number of rotatable bonds is 3. The highest BCUT2D eigenvalue weighted by Gasteiger charge is 2.17. The Hall–Kier alpha value is -1.13. The van der Waals surface area contributed by atoms with Gasteiger partial charge in [0, 0.05) is 12.6 Å². The van der Waals surface area contributed by atoms with E-state index in [9.17, 15) is 0 Å². The van der Waals surface area contributed by atoms with E-state index >= 15 is 0 Å². The standard InChI is InChI=1S/C13H16ClN3S/c1-7(2)12-10(5-11(15)18)17-6-9(14)4-8(3)13(17)16-12/h4,6-7H,5H2,1-3H3,(H2,15,18). The largest absolute Gasteiger partial charge is 0.393 e. The Morgan fingerprint density at radius 2 is 2.22 bits per heavy atom. The Balaban J connectivity index is 2.76. The first-order chi connectivity index (χ1) is 8.40. The van der Waals surface area contributed by atoms with Crippen LogP contribution in [0.3, 0.4) is 0 Å². The summed E-state index contributed by atoms with van der Waals surface area (Å²) in [6, 6.07) is 1.92. The van der Waals surface area contributed by atoms with E-state index in [2.05, 4.69) is 13.8 Å². The van der Waals surface area contributed by atoms with Gasteiger partial charge in [0.15, 0.2) is 0 Å². The number of nitrogens with two attached hydrogens (primary N) is 1. The molecule has 18 heavy (non-hydrogen) atoms. The molecule has 0 spiro atoms. The molecule has 3 nitrogen and oxygen atoms in total. The fourth-order valence-electron chi connectivity index (χ4n) is 2.14. The van der Waals surface area contributed by atoms with Gasteiger partial charge in [-0.2, -0.15) is 0 Å². The van der Waals surface area contributed by atoms with Crippen LogP contribution in [0.4, 0.5) is 0 Å². The summed E-state index contributed by atoms with van der Waals surface area (Å²) in [4.78, 5) is 5.16. The van der Waals surface area contributed by atoms with E-state index in [4.69, 9.17) is 34.5 Å². The highest BCUT2D eigenvalue weighted by atomic mass is 35.5. The maximum atomic E-state index is 6.11. The van der Waals surface area contributed by atoms with Gasteiger partial charge in [0.1, 0.15) is 5.65 Å². The van der Waals surface area contributed by atoms with Gasteiger partial charge in [0.2, 0.25) is 0 Å². The lowest BCUT2D eigenvalue weighted by Gasteiger charge is -2.07. The van der Waals surface area contributed by atoms with Gasteiger partial charge in [-0.1, -0.05) is 37.7 Å². The molecule has 0 fully saturated rings. The summed E-state index contributed by atoms with van der Waals surface area (Å²) in [6.45, 7) is 6.23. The van der Waals surface area contributed by atoms with E-state index in [-0.39, 0.29) is 0 Å². The fourth-order valence-corrected chi connectivity index (χ4v) is 2.53. The van der Waals surface area contributed by atoms with Crippen LogP contribution in [0.2, 0.25) is 5.02 Å². The predicted molar refractivity (Wildman–Crippen MR) is 79.5 cm³/mol. The van der Waals surface area contributed by atoms with E-state index in [1.54, 1.807) is 0 Å². The van der Waals surface area contributed by atoms with Crippen LogP contribution in [-0.4, -0.2) is 14.4 Å². The SMILES string of the molecule is Cc1cc(Cl)cn2c(CC(N)=S)c(C(C)C)nc12. The van der Waals surface area contributed by atoms with Gasteiger partial charge in [0.05, 0.1) is 21.4 Å². The Kier molecular flexibility index (Phi) is 3.59. The van der Waals surface area contributed by atoms with Crippen LogP contribution in [0, 0.1) is 6.92 Å². The zero-order valence-corrected chi connectivity index (χ0v) is 12.3. The lowest BCUT2D eigenvalue weighted by atomic mass is 10.1. The molecule has 0 saturated heterocycles. The molecule has 0 bridgehead atoms. The molecule has 2 rings (SSSR count). The second-order valence-corrected chi connectivity index (χ2v) is 5.74. The fraction of sp³-hybridized carbons (Fsp3) is 0.385. The summed E-state index contributed by atoms with van der Waals surface area (Å²) in [6.07, 6.45) is 2.42. The van der Waals surface area contributed by atoms with Crippen LogP contribution < -0.4 is 5.73 Å². The maximum absolute atomic E-state index is 6.11. The molecule has 0 aromatic carbocycles. The van der Waals surface area contributed by atoms with E-state index in [1.165, 1.54) is 0 Å². The van der Waals surface area contributed by atoms with Gasteiger partial charge in [-0.05, 0) is 24.5 Å². The smallest absolute Gasteiger partial charge is 0.140 e. The number of imidazole rings is 1. The van der Waals surface area contributed by atoms with E-state index < -0.39 is 0 Å². The van der Waals surface area contributed by atoms with Crippen molar-refractivity contribution in [3.63, 3.8) is 0 Å². The van der Waals surface area contributed by atoms with Gasteiger partial charge in [0.25, 0.3) is 0 Å². The number of pyridine rings is 1. The zero-order chi connectivity index (χ0) is 13.4. The lowest BCUT2D eigenvalue weighted by Crippen LogP contribution is -2.14. The van der Waals surface area contributed by atoms with Gasteiger partial charge >= 0.3 is 0 Å². The molecule has 0 aliphatic heterocycles. The summed E-state index contributed by atoms with van der Waals surface area (Å²) in [7, 11) is 0. The zero-order valence-electron chi connectivity index (χ0n) is 10.7. The van der Waals surface area contributed by atoms with Crippen LogP contribution >= 0.6 is 23.8 Å². The molecule has 0 amide bonds. The molecule has 2 aromatic rings. The van der Waals surface area contributed by atoms with Crippen molar-refractivity contribution < 1.29 is 0 Å². The second-order valence-electron chi connectivity index (χ2n) is 4.78. The van der Waals surface area contributed by atoms with Gasteiger partial charge < -0.3 is 10.1 Å². The van der Waals surface area contributed by atoms with Crippen LogP contribution in [0.25, 0.3) is 5.65 Å². The molecule has 0 aliphatic rings. The van der Waals surface area contributed by atoms with Crippen molar-refractivity contribution in [1.29, 1.82) is 0 Å². The molecular weight excluding hydrogens is 266 g/mol. The van der Waals surface area contributed by atoms with Crippen LogP contribution in [0.1, 0.15) is 36.7 Å². The minimum absolute atomic E-state index is 0.326. The molecule has 2 aromatic heterocycles. The Morgan fingerprint density at radius 1 is 1.56 bits per heavy atom. The highest BCUT2D eigenvalue weighted by molar-refractivity contribution is 7.80. The molecule has 2 N–H and O–H groups in total. The number of aromatic nitrogens is 2. The second kappa shape index (κ2) is 4.86. The van der Waals surface area contributed by atoms with E-state index in [0.717, 1.165) is 22.6 Å². The van der Waals surface area contributed by atoms with Gasteiger partial charge in [-0.3, -0.25) is 0 Å². The third-order valence-corrected chi connectivity index (χ3v) is 3.24. The number of nitrogens with zero attached hydrogens (tertiary/aromatic N) is 2. The highest BCUT2D eigenvalue weighted by Crippen LogP contribution is 2.25. The molecule has 0 atom stereocenters. The molecule has 0 aliphatic carbocycles. The first kappa shape index (κ1) is 13.3. The molecule has 5 heteroatoms. The minimum Gasteiger partial charge on any atom is -0.393 e. The van der Waals surface area contributed by atoms with Crippen molar-refractivity contribution in [2.24, 2.45) is 5.73 Å². The summed E-state index contributed by atoms with van der Waals surface area (Å²) in [5, 5.41) is 0.692. The quantitative estimate of drug-likeness (QED) is 0.879. The van der Waals surface area contributed by atoms with Crippen molar-refractivity contribution in [1.82, 2.24) is 9.38 Å². The number of halogens is 1. The van der Waals surface area contributed by atoms with Crippen molar-refractivity contribution in [3.8, 4) is 0 Å². The topological polar surface area (TPSA) is 43.3 Å². The Morgan fingerprint density at radius 3 is 2.78 bits per heavy atom. The molecule has 0 unspecified atom stereocenters. The third-order valence-electron chi connectivity index (χ3n) is 2.89. The lowest BCUT2D eigenvalue weighted by molar-refractivity contribution is 0.816. The summed E-state index contributed by atoms with van der Waals surface area (Å²) in [5.74, 6) is 0.326. The van der Waals surface area contributed by atoms with E-state index in [0.29, 0.717) is 22.3 Å². The molecule has 2 heterocycles. The normalized spacial score (nSPS) is 11.4. The van der Waals surface area contributed by atoms with Crippen molar-refractivity contribution in [2.75, 3.05) is 0 Å². The van der Waals surface area contributed by atoms with Crippen molar-refractivity contribution in [3.05, 3.63) is 34.2 Å². The molecule has 96 valence electrons. The summed E-state index contributed by atoms with van der Waals surface area (Å²) in [5.41, 5.74) is 9.73.